The maximum absolute atomic E-state index is 12.5. The normalized spacial score (nSPS) is 15.7. The zero-order valence-corrected chi connectivity index (χ0v) is 17.2. The van der Waals surface area contributed by atoms with Crippen molar-refractivity contribution in [3.05, 3.63) is 89.5 Å². The van der Waals surface area contributed by atoms with Crippen LogP contribution >= 0.6 is 0 Å². The number of amides is 1. The molecule has 1 heterocycles. The van der Waals surface area contributed by atoms with E-state index in [1.807, 2.05) is 73.7 Å². The highest BCUT2D eigenvalue weighted by Crippen LogP contribution is 2.34. The number of carbonyl (C=O) groups is 2. The van der Waals surface area contributed by atoms with Gasteiger partial charge in [-0.3, -0.25) is 9.59 Å². The average molecular weight is 399 g/mol. The fraction of sp³-hybridized carbons (Fsp3) is 0.231. The number of ketones is 1. The Bertz CT molecular complexity index is 1070. The van der Waals surface area contributed by atoms with E-state index in [-0.39, 0.29) is 23.7 Å². The van der Waals surface area contributed by atoms with Crippen LogP contribution in [0.25, 0.3) is 11.1 Å². The molecule has 1 aliphatic heterocycles. The number of carbonyl (C=O) groups excluding carboxylic acids is 2. The highest BCUT2D eigenvalue weighted by atomic mass is 16.5. The Kier molecular flexibility index (Phi) is 5.66. The van der Waals surface area contributed by atoms with Crippen molar-refractivity contribution in [1.82, 2.24) is 5.32 Å². The zero-order chi connectivity index (χ0) is 21.1. The quantitative estimate of drug-likeness (QED) is 0.607. The molecule has 152 valence electrons. The number of fused-ring (bicyclic) bond motifs is 1. The molecule has 0 unspecified atom stereocenters. The van der Waals surface area contributed by atoms with Crippen LogP contribution in [0.2, 0.25) is 0 Å². The lowest BCUT2D eigenvalue weighted by Crippen LogP contribution is -2.36. The van der Waals surface area contributed by atoms with Gasteiger partial charge in [0, 0.05) is 12.0 Å². The van der Waals surface area contributed by atoms with Gasteiger partial charge in [0.15, 0.2) is 5.78 Å². The summed E-state index contributed by atoms with van der Waals surface area (Å²) >= 11 is 0. The fourth-order valence-electron chi connectivity index (χ4n) is 3.90. The van der Waals surface area contributed by atoms with E-state index in [0.29, 0.717) is 6.54 Å². The summed E-state index contributed by atoms with van der Waals surface area (Å²) in [4.78, 5) is 24.5. The first kappa shape index (κ1) is 19.9. The van der Waals surface area contributed by atoms with Gasteiger partial charge in [0.2, 0.25) is 5.91 Å². The number of hydrogen-bond acceptors (Lipinski definition) is 3. The summed E-state index contributed by atoms with van der Waals surface area (Å²) in [5, 5.41) is 3.02. The van der Waals surface area contributed by atoms with Crippen LogP contribution in [-0.4, -0.2) is 24.3 Å². The topological polar surface area (TPSA) is 55.4 Å². The lowest BCUT2D eigenvalue weighted by atomic mass is 9.95. The molecule has 1 amide bonds. The van der Waals surface area contributed by atoms with Gasteiger partial charge in [0.1, 0.15) is 11.9 Å². The van der Waals surface area contributed by atoms with Crippen LogP contribution in [0.1, 0.15) is 41.3 Å². The van der Waals surface area contributed by atoms with Crippen LogP contribution in [0, 0.1) is 0 Å². The first-order valence-corrected chi connectivity index (χ1v) is 10.3. The maximum Gasteiger partial charge on any atom is 0.227 e. The van der Waals surface area contributed by atoms with E-state index in [9.17, 15) is 9.59 Å². The smallest absolute Gasteiger partial charge is 0.227 e. The van der Waals surface area contributed by atoms with Crippen LogP contribution in [0.15, 0.2) is 72.8 Å². The van der Waals surface area contributed by atoms with Crippen LogP contribution in [-0.2, 0) is 11.2 Å². The molecule has 0 bridgehead atoms. The van der Waals surface area contributed by atoms with Gasteiger partial charge in [-0.05, 0) is 48.2 Å². The van der Waals surface area contributed by atoms with Crippen molar-refractivity contribution >= 4 is 11.7 Å². The van der Waals surface area contributed by atoms with E-state index in [2.05, 4.69) is 11.4 Å². The predicted octanol–water partition coefficient (Wildman–Crippen LogP) is 4.78. The highest BCUT2D eigenvalue weighted by Gasteiger charge is 2.25. The van der Waals surface area contributed by atoms with Crippen molar-refractivity contribution in [2.45, 2.75) is 32.3 Å². The Morgan fingerprint density at radius 1 is 1.03 bits per heavy atom. The van der Waals surface area contributed by atoms with Crippen molar-refractivity contribution < 1.29 is 14.3 Å². The van der Waals surface area contributed by atoms with E-state index >= 15 is 0 Å². The summed E-state index contributed by atoms with van der Waals surface area (Å²) in [5.74, 6) is 0.686. The van der Waals surface area contributed by atoms with Gasteiger partial charge < -0.3 is 10.1 Å². The minimum absolute atomic E-state index is 0.00293. The van der Waals surface area contributed by atoms with Gasteiger partial charge >= 0.3 is 0 Å². The van der Waals surface area contributed by atoms with Gasteiger partial charge in [0.25, 0.3) is 0 Å². The molecular formula is C26H25NO3. The zero-order valence-electron chi connectivity index (χ0n) is 17.2. The van der Waals surface area contributed by atoms with Crippen molar-refractivity contribution in [3.8, 4) is 16.9 Å². The molecule has 4 rings (SSSR count). The first-order valence-electron chi connectivity index (χ1n) is 10.3. The number of ether oxygens (including phenoxy) is 1. The number of rotatable bonds is 6. The van der Waals surface area contributed by atoms with Crippen LogP contribution in [0.5, 0.6) is 5.75 Å². The summed E-state index contributed by atoms with van der Waals surface area (Å²) in [7, 11) is 0. The van der Waals surface area contributed by atoms with Crippen LogP contribution < -0.4 is 10.1 Å². The van der Waals surface area contributed by atoms with Gasteiger partial charge in [-0.2, -0.15) is 0 Å². The molecular weight excluding hydrogens is 374 g/mol. The third-order valence-corrected chi connectivity index (χ3v) is 5.62. The summed E-state index contributed by atoms with van der Waals surface area (Å²) in [5.41, 5.74) is 4.75. The minimum Gasteiger partial charge on any atom is -0.488 e. The van der Waals surface area contributed by atoms with Crippen LogP contribution in [0.4, 0.5) is 0 Å². The fourth-order valence-corrected chi connectivity index (χ4v) is 3.90. The third kappa shape index (κ3) is 4.13. The first-order chi connectivity index (χ1) is 14.5. The van der Waals surface area contributed by atoms with Crippen molar-refractivity contribution in [2.75, 3.05) is 6.54 Å². The highest BCUT2D eigenvalue weighted by molar-refractivity contribution is 6.00. The molecule has 0 aliphatic carbocycles. The molecule has 1 N–H and O–H groups in total. The Balaban J connectivity index is 1.42. The molecule has 0 spiro atoms. The maximum atomic E-state index is 12.5. The second-order valence-electron chi connectivity index (χ2n) is 7.75. The number of nitrogens with one attached hydrogen (secondary N) is 1. The molecule has 0 saturated carbocycles. The van der Waals surface area contributed by atoms with E-state index in [1.54, 1.807) is 6.92 Å². The molecule has 0 fully saturated rings. The summed E-state index contributed by atoms with van der Waals surface area (Å²) in [6, 6.07) is 23.4. The van der Waals surface area contributed by atoms with E-state index < -0.39 is 0 Å². The summed E-state index contributed by atoms with van der Waals surface area (Å²) < 4.78 is 6.03. The van der Waals surface area contributed by atoms with Gasteiger partial charge in [-0.15, -0.1) is 0 Å². The van der Waals surface area contributed by atoms with E-state index in [4.69, 9.17) is 4.74 Å². The minimum atomic E-state index is -0.204. The monoisotopic (exact) mass is 399 g/mol. The van der Waals surface area contributed by atoms with E-state index in [0.717, 1.165) is 40.0 Å². The molecule has 4 heteroatoms. The van der Waals surface area contributed by atoms with Gasteiger partial charge in [0.05, 0.1) is 12.5 Å². The lowest BCUT2D eigenvalue weighted by molar-refractivity contribution is -0.122. The second-order valence-corrected chi connectivity index (χ2v) is 7.75. The van der Waals surface area contributed by atoms with Gasteiger partial charge in [-0.1, -0.05) is 60.7 Å². The second kappa shape index (κ2) is 8.54. The molecule has 1 aliphatic rings. The van der Waals surface area contributed by atoms with Gasteiger partial charge in [-0.25, -0.2) is 0 Å². The molecule has 3 aromatic carbocycles. The Morgan fingerprint density at radius 2 is 1.77 bits per heavy atom. The molecule has 0 saturated heterocycles. The third-order valence-electron chi connectivity index (χ3n) is 5.62. The van der Waals surface area contributed by atoms with Crippen LogP contribution in [0.3, 0.4) is 0 Å². The number of benzene rings is 3. The van der Waals surface area contributed by atoms with E-state index in [1.165, 1.54) is 0 Å². The van der Waals surface area contributed by atoms with Crippen molar-refractivity contribution in [1.29, 1.82) is 0 Å². The Labute approximate surface area is 176 Å². The largest absolute Gasteiger partial charge is 0.488 e. The summed E-state index contributed by atoms with van der Waals surface area (Å²) in [6.07, 6.45) is 0.635. The Morgan fingerprint density at radius 3 is 2.53 bits per heavy atom. The molecule has 0 radical (unpaired) electrons. The van der Waals surface area contributed by atoms with Crippen molar-refractivity contribution in [2.24, 2.45) is 0 Å². The molecule has 3 aromatic rings. The molecule has 4 nitrogen and oxygen atoms in total. The molecule has 30 heavy (non-hydrogen) atoms. The predicted molar refractivity (Wildman–Crippen MR) is 118 cm³/mol. The lowest BCUT2D eigenvalue weighted by Gasteiger charge is -2.15. The number of Topliss-reactive ketones (excluding diaryl/α,β-unsaturated/α-hetero) is 1. The molecule has 0 aromatic heterocycles. The molecule has 2 atom stereocenters. The Hall–Kier alpha value is -3.40. The summed E-state index contributed by atoms with van der Waals surface area (Å²) in [6.45, 7) is 3.96. The SMILES string of the molecule is CC(=O)c1ccccc1-c1ccc2c(c1)C[C@H](CNC(=O)[C@H](C)c1ccccc1)O2. The van der Waals surface area contributed by atoms with Crippen molar-refractivity contribution in [3.63, 3.8) is 0 Å². The standard InChI is InChI=1S/C26H25NO3/c1-17(19-8-4-3-5-9-19)26(29)27-16-22-15-21-14-20(12-13-25(21)30-22)24-11-7-6-10-23(24)18(2)28/h3-14,17,22H,15-16H2,1-2H3,(H,27,29)/t17-,22-/m1/s1. The average Bonchev–Trinajstić information content (AvgIpc) is 3.19. The number of hydrogen-bond donors (Lipinski definition) is 1.